The van der Waals surface area contributed by atoms with Gasteiger partial charge in [0.1, 0.15) is 5.82 Å². The molecule has 0 radical (unpaired) electrons. The number of carbonyl (C=O) groups excluding carboxylic acids is 1. The molecular weight excluding hydrogens is 228 g/mol. The molecule has 0 spiro atoms. The van der Waals surface area contributed by atoms with Crippen LogP contribution in [0.15, 0.2) is 30.5 Å². The van der Waals surface area contributed by atoms with Crippen LogP contribution in [0.5, 0.6) is 0 Å². The van der Waals surface area contributed by atoms with Gasteiger partial charge in [-0.15, -0.1) is 0 Å². The number of nitrogens with zero attached hydrogens (tertiary/aromatic N) is 3. The van der Waals surface area contributed by atoms with Gasteiger partial charge in [0.15, 0.2) is 5.82 Å². The molecule has 2 aromatic rings. The van der Waals surface area contributed by atoms with Crippen LogP contribution < -0.4 is 10.2 Å². The van der Waals surface area contributed by atoms with Crippen LogP contribution in [0.2, 0.25) is 0 Å². The summed E-state index contributed by atoms with van der Waals surface area (Å²) in [7, 11) is 1.57. The normalized spacial score (nSPS) is 18.2. The predicted molar refractivity (Wildman–Crippen MR) is 69.2 cm³/mol. The summed E-state index contributed by atoms with van der Waals surface area (Å²) in [5, 5.41) is 2.51. The van der Waals surface area contributed by atoms with Gasteiger partial charge in [-0.3, -0.25) is 4.79 Å². The zero-order valence-electron chi connectivity index (χ0n) is 14.5. The Hall–Kier alpha value is -2.43. The number of amides is 1. The summed E-state index contributed by atoms with van der Waals surface area (Å²) in [5.74, 6) is -0.316. The van der Waals surface area contributed by atoms with Crippen molar-refractivity contribution in [2.45, 2.75) is 6.85 Å². The van der Waals surface area contributed by atoms with Gasteiger partial charge in [-0.1, -0.05) is 0 Å². The van der Waals surface area contributed by atoms with Crippen molar-refractivity contribution >= 4 is 23.2 Å². The van der Waals surface area contributed by atoms with E-state index in [2.05, 4.69) is 15.3 Å². The third-order valence-electron chi connectivity index (χ3n) is 2.70. The first-order valence-corrected chi connectivity index (χ1v) is 5.22. The summed E-state index contributed by atoms with van der Waals surface area (Å²) < 4.78 is 38.4. The van der Waals surface area contributed by atoms with E-state index in [1.807, 2.05) is 0 Å². The zero-order valence-corrected chi connectivity index (χ0v) is 9.48. The third-order valence-corrected chi connectivity index (χ3v) is 2.70. The van der Waals surface area contributed by atoms with Crippen LogP contribution in [-0.2, 0) is 0 Å². The number of aromatic nitrogens is 2. The minimum absolute atomic E-state index is 0.0480. The maximum absolute atomic E-state index is 12.5. The van der Waals surface area contributed by atoms with E-state index < -0.39 is 12.8 Å². The number of carbonyl (C=O) groups is 1. The molecule has 1 N–H and O–H groups in total. The van der Waals surface area contributed by atoms with Crippen molar-refractivity contribution in [3.8, 4) is 0 Å². The van der Waals surface area contributed by atoms with Crippen LogP contribution in [0.1, 0.15) is 22.8 Å². The van der Waals surface area contributed by atoms with E-state index in [1.54, 1.807) is 7.05 Å². The topological polar surface area (TPSA) is 58.1 Å². The Labute approximate surface area is 112 Å². The van der Waals surface area contributed by atoms with Gasteiger partial charge in [-0.25, -0.2) is 9.97 Å². The van der Waals surface area contributed by atoms with Gasteiger partial charge in [0.25, 0.3) is 5.91 Å². The monoisotopic (exact) mass is 245 g/mol. The van der Waals surface area contributed by atoms with Crippen molar-refractivity contribution in [1.82, 2.24) is 9.97 Å². The largest absolute Gasteiger partial charge is 0.318 e. The predicted octanol–water partition coefficient (Wildman–Crippen LogP) is 2.12. The number of rotatable bonds is 0. The van der Waals surface area contributed by atoms with Crippen molar-refractivity contribution in [3.63, 3.8) is 0 Å². The minimum atomic E-state index is -2.44. The lowest BCUT2D eigenvalue weighted by Crippen LogP contribution is -2.14. The van der Waals surface area contributed by atoms with Gasteiger partial charge in [-0.2, -0.15) is 0 Å². The van der Waals surface area contributed by atoms with E-state index in [0.717, 1.165) is 0 Å². The molecule has 5 heteroatoms. The van der Waals surface area contributed by atoms with Crippen LogP contribution >= 0.6 is 0 Å². The number of aryl methyl sites for hydroxylation is 1. The Morgan fingerprint density at radius 3 is 3.06 bits per heavy atom. The second-order valence-electron chi connectivity index (χ2n) is 3.80. The summed E-state index contributed by atoms with van der Waals surface area (Å²) in [6.07, 6.45) is 2.51. The molecule has 0 aromatic carbocycles. The van der Waals surface area contributed by atoms with Crippen LogP contribution in [-0.4, -0.2) is 22.9 Å². The molecule has 1 aliphatic rings. The zero-order chi connectivity index (χ0) is 16.9. The van der Waals surface area contributed by atoms with E-state index in [1.165, 1.54) is 23.4 Å². The Kier molecular flexibility index (Phi) is 1.37. The molecule has 3 heterocycles. The van der Waals surface area contributed by atoms with Crippen LogP contribution in [0.3, 0.4) is 0 Å². The second kappa shape index (κ2) is 3.80. The molecule has 0 fully saturated rings. The van der Waals surface area contributed by atoms with E-state index >= 15 is 0 Å². The molecular formula is C13H12N4O. The second-order valence-corrected chi connectivity index (χ2v) is 3.80. The molecule has 0 saturated heterocycles. The molecule has 18 heavy (non-hydrogen) atoms. The van der Waals surface area contributed by atoms with E-state index in [4.69, 9.17) is 6.85 Å². The molecule has 5 nitrogen and oxygen atoms in total. The standard InChI is InChI=1S/C13H12N4O/c1-8-5-7-15-12-10(8)16-13(18)9-4-3-6-14-11(9)17(12)2/h3-7H,1-2H3,(H,16,18)/i1D3,3D,4D. The first-order chi connectivity index (χ1) is 10.7. The Bertz CT molecular complexity index is 821. The van der Waals surface area contributed by atoms with Crippen molar-refractivity contribution in [3.05, 3.63) is 41.7 Å². The smallest absolute Gasteiger partial charge is 0.259 e. The summed E-state index contributed by atoms with van der Waals surface area (Å²) >= 11 is 0. The third kappa shape index (κ3) is 1.44. The van der Waals surface area contributed by atoms with Crippen molar-refractivity contribution in [1.29, 1.82) is 0 Å². The molecule has 3 rings (SSSR count). The first kappa shape index (κ1) is 6.49. The Morgan fingerprint density at radius 1 is 1.39 bits per heavy atom. The van der Waals surface area contributed by atoms with E-state index in [0.29, 0.717) is 0 Å². The number of fused-ring (bicyclic) bond motifs is 2. The number of anilines is 3. The molecule has 2 aromatic heterocycles. The van der Waals surface area contributed by atoms with Gasteiger partial charge in [-0.05, 0) is 30.6 Å². The fourth-order valence-corrected chi connectivity index (χ4v) is 1.84. The molecule has 0 unspecified atom stereocenters. The molecule has 0 saturated carbocycles. The number of hydrogen-bond acceptors (Lipinski definition) is 4. The lowest BCUT2D eigenvalue weighted by molar-refractivity contribution is 0.102. The van der Waals surface area contributed by atoms with Gasteiger partial charge >= 0.3 is 0 Å². The quantitative estimate of drug-likeness (QED) is 0.772. The van der Waals surface area contributed by atoms with Crippen LogP contribution in [0, 0.1) is 6.85 Å². The average molecular weight is 245 g/mol. The number of hydrogen-bond donors (Lipinski definition) is 1. The van der Waals surface area contributed by atoms with Gasteiger partial charge in [0, 0.05) is 23.6 Å². The SMILES string of the molecule is [2H]c1cnc2c(c1[2H])C(=O)Nc1c(C([2H])([2H])[2H])ccnc1N2C. The highest BCUT2D eigenvalue weighted by Gasteiger charge is 2.25. The lowest BCUT2D eigenvalue weighted by atomic mass is 10.2. The van der Waals surface area contributed by atoms with Crippen molar-refractivity contribution in [2.75, 3.05) is 17.3 Å². The highest BCUT2D eigenvalue weighted by atomic mass is 16.1. The van der Waals surface area contributed by atoms with Crippen molar-refractivity contribution in [2.24, 2.45) is 0 Å². The molecule has 0 bridgehead atoms. The van der Waals surface area contributed by atoms with E-state index in [-0.39, 0.29) is 40.5 Å². The maximum Gasteiger partial charge on any atom is 0.259 e. The van der Waals surface area contributed by atoms with Crippen LogP contribution in [0.4, 0.5) is 17.3 Å². The number of nitrogens with one attached hydrogen (secondary N) is 1. The summed E-state index contributed by atoms with van der Waals surface area (Å²) in [5.41, 5.74) is -0.0773. The van der Waals surface area contributed by atoms with Gasteiger partial charge < -0.3 is 10.2 Å². The maximum atomic E-state index is 12.5. The lowest BCUT2D eigenvalue weighted by Gasteiger charge is -2.18. The highest BCUT2D eigenvalue weighted by molar-refractivity contribution is 6.11. The minimum Gasteiger partial charge on any atom is -0.318 e. The van der Waals surface area contributed by atoms with Crippen molar-refractivity contribution < 1.29 is 11.6 Å². The molecule has 0 atom stereocenters. The highest BCUT2D eigenvalue weighted by Crippen LogP contribution is 2.35. The summed E-state index contributed by atoms with van der Waals surface area (Å²) in [6, 6.07) is 0.853. The molecule has 0 aliphatic carbocycles. The molecule has 1 aliphatic heterocycles. The first-order valence-electron chi connectivity index (χ1n) is 7.72. The molecule has 90 valence electrons. The Balaban J connectivity index is 2.30. The average Bonchev–Trinajstić information content (AvgIpc) is 2.57. The van der Waals surface area contributed by atoms with Crippen LogP contribution in [0.25, 0.3) is 0 Å². The fraction of sp³-hybridized carbons (Fsp3) is 0.154. The molecule has 1 amide bonds. The van der Waals surface area contributed by atoms with E-state index in [9.17, 15) is 4.79 Å². The van der Waals surface area contributed by atoms with Gasteiger partial charge in [0.2, 0.25) is 0 Å². The van der Waals surface area contributed by atoms with Gasteiger partial charge in [0.05, 0.1) is 14.0 Å². The fourth-order valence-electron chi connectivity index (χ4n) is 1.84. The summed E-state index contributed by atoms with van der Waals surface area (Å²) in [6.45, 7) is -2.44. The number of pyridine rings is 2. The Morgan fingerprint density at radius 2 is 2.22 bits per heavy atom. The summed E-state index contributed by atoms with van der Waals surface area (Å²) in [4.78, 5) is 22.1.